The summed E-state index contributed by atoms with van der Waals surface area (Å²) in [6.45, 7) is 6.03. The number of hydrogen-bond donors (Lipinski definition) is 1. The summed E-state index contributed by atoms with van der Waals surface area (Å²) in [5, 5.41) is 8.80. The first kappa shape index (κ1) is 14.4. The Balaban J connectivity index is 2.71. The highest BCUT2D eigenvalue weighted by atomic mass is 16.5. The maximum atomic E-state index is 10.7. The van der Waals surface area contributed by atoms with Crippen molar-refractivity contribution in [3.63, 3.8) is 0 Å². The number of carbonyl (C=O) groups is 1. The number of ether oxygens (including phenoxy) is 2. The van der Waals surface area contributed by atoms with E-state index in [0.717, 1.165) is 5.56 Å². The van der Waals surface area contributed by atoms with Gasteiger partial charge >= 0.3 is 5.97 Å². The molecule has 0 bridgehead atoms. The number of hydrogen-bond acceptors (Lipinski definition) is 3. The van der Waals surface area contributed by atoms with Crippen LogP contribution in [0.1, 0.15) is 25.8 Å². The van der Waals surface area contributed by atoms with E-state index in [-0.39, 0.29) is 6.42 Å². The third-order valence-corrected chi connectivity index (χ3v) is 2.57. The number of aliphatic carboxylic acids is 1. The molecule has 1 aromatic rings. The first-order valence-electron chi connectivity index (χ1n) is 5.83. The molecule has 0 saturated carbocycles. The van der Waals surface area contributed by atoms with Crippen molar-refractivity contribution in [3.05, 3.63) is 23.8 Å². The van der Waals surface area contributed by atoms with Crippen LogP contribution in [0.3, 0.4) is 0 Å². The molecule has 0 aliphatic rings. The lowest BCUT2D eigenvalue weighted by molar-refractivity contribution is -0.139. The largest absolute Gasteiger partial charge is 0.493 e. The van der Waals surface area contributed by atoms with Crippen LogP contribution in [-0.2, 0) is 4.79 Å². The number of rotatable bonds is 6. The van der Waals surface area contributed by atoms with Gasteiger partial charge in [-0.15, -0.1) is 0 Å². The second-order valence-corrected chi connectivity index (χ2v) is 5.18. The molecule has 100 valence electrons. The normalized spacial score (nSPS) is 11.1. The molecule has 0 amide bonds. The fraction of sp³-hybridized carbons (Fsp3) is 0.500. The first-order chi connectivity index (χ1) is 8.34. The molecule has 0 spiro atoms. The van der Waals surface area contributed by atoms with Crippen LogP contribution in [0.5, 0.6) is 11.5 Å². The van der Waals surface area contributed by atoms with E-state index < -0.39 is 11.4 Å². The molecule has 0 heterocycles. The lowest BCUT2D eigenvalue weighted by atomic mass is 9.91. The zero-order valence-electron chi connectivity index (χ0n) is 11.3. The summed E-state index contributed by atoms with van der Waals surface area (Å²) in [7, 11) is 1.59. The van der Waals surface area contributed by atoms with Gasteiger partial charge in [-0.05, 0) is 24.6 Å². The van der Waals surface area contributed by atoms with Gasteiger partial charge < -0.3 is 14.6 Å². The first-order valence-corrected chi connectivity index (χ1v) is 5.83. The number of carboxylic acids is 1. The summed E-state index contributed by atoms with van der Waals surface area (Å²) in [6, 6.07) is 5.66. The minimum atomic E-state index is -0.820. The second kappa shape index (κ2) is 5.76. The number of carboxylic acid groups (broad SMARTS) is 1. The maximum Gasteiger partial charge on any atom is 0.304 e. The van der Waals surface area contributed by atoms with Crippen molar-refractivity contribution in [2.24, 2.45) is 5.41 Å². The van der Waals surface area contributed by atoms with Crippen molar-refractivity contribution >= 4 is 5.97 Å². The predicted octanol–water partition coefficient (Wildman–Crippen LogP) is 2.88. The minimum Gasteiger partial charge on any atom is -0.493 e. The monoisotopic (exact) mass is 252 g/mol. The quantitative estimate of drug-likeness (QED) is 0.845. The minimum absolute atomic E-state index is 0.0706. The van der Waals surface area contributed by atoms with Crippen molar-refractivity contribution < 1.29 is 19.4 Å². The average Bonchev–Trinajstić information content (AvgIpc) is 2.25. The van der Waals surface area contributed by atoms with Gasteiger partial charge in [-0.1, -0.05) is 19.9 Å². The molecular formula is C14H20O4. The Bertz CT molecular complexity index is 424. The molecule has 0 aliphatic carbocycles. The van der Waals surface area contributed by atoms with Gasteiger partial charge in [0.15, 0.2) is 11.5 Å². The van der Waals surface area contributed by atoms with Gasteiger partial charge in [0, 0.05) is 5.41 Å². The molecule has 4 nitrogen and oxygen atoms in total. The molecule has 0 atom stereocenters. The van der Waals surface area contributed by atoms with Crippen LogP contribution in [0, 0.1) is 12.3 Å². The zero-order chi connectivity index (χ0) is 13.8. The Morgan fingerprint density at radius 2 is 2.00 bits per heavy atom. The van der Waals surface area contributed by atoms with Gasteiger partial charge in [0.25, 0.3) is 0 Å². The lowest BCUT2D eigenvalue weighted by Gasteiger charge is -2.23. The van der Waals surface area contributed by atoms with E-state index in [2.05, 4.69) is 0 Å². The Morgan fingerprint density at radius 3 is 2.56 bits per heavy atom. The van der Waals surface area contributed by atoms with Crippen molar-refractivity contribution in [2.45, 2.75) is 27.2 Å². The van der Waals surface area contributed by atoms with Crippen molar-refractivity contribution in [3.8, 4) is 11.5 Å². The van der Waals surface area contributed by atoms with Crippen LogP contribution in [0.25, 0.3) is 0 Å². The van der Waals surface area contributed by atoms with E-state index in [1.54, 1.807) is 7.11 Å². The van der Waals surface area contributed by atoms with Crippen molar-refractivity contribution in [1.82, 2.24) is 0 Å². The average molecular weight is 252 g/mol. The molecule has 1 N–H and O–H groups in total. The van der Waals surface area contributed by atoms with Crippen LogP contribution >= 0.6 is 0 Å². The van der Waals surface area contributed by atoms with Gasteiger partial charge in [-0.25, -0.2) is 0 Å². The summed E-state index contributed by atoms with van der Waals surface area (Å²) >= 11 is 0. The maximum absolute atomic E-state index is 10.7. The van der Waals surface area contributed by atoms with Crippen LogP contribution in [-0.4, -0.2) is 24.8 Å². The molecule has 0 aliphatic heterocycles. The van der Waals surface area contributed by atoms with Crippen LogP contribution < -0.4 is 9.47 Å². The standard InChI is InChI=1S/C14H20O4/c1-10-5-6-11(12(7-10)17-4)18-9-14(2,3)8-13(15)16/h5-7H,8-9H2,1-4H3,(H,15,16). The molecule has 1 aromatic carbocycles. The van der Waals surface area contributed by atoms with Crippen molar-refractivity contribution in [1.29, 1.82) is 0 Å². The van der Waals surface area contributed by atoms with E-state index >= 15 is 0 Å². The Hall–Kier alpha value is -1.71. The second-order valence-electron chi connectivity index (χ2n) is 5.18. The lowest BCUT2D eigenvalue weighted by Crippen LogP contribution is -2.24. The molecule has 0 fully saturated rings. The summed E-state index contributed by atoms with van der Waals surface area (Å²) in [6.07, 6.45) is 0.0706. The molecule has 0 aromatic heterocycles. The smallest absolute Gasteiger partial charge is 0.304 e. The molecule has 18 heavy (non-hydrogen) atoms. The van der Waals surface area contributed by atoms with E-state index in [0.29, 0.717) is 18.1 Å². The summed E-state index contributed by atoms with van der Waals surface area (Å²) in [5.74, 6) is 0.488. The number of benzene rings is 1. The summed E-state index contributed by atoms with van der Waals surface area (Å²) < 4.78 is 10.9. The molecule has 0 unspecified atom stereocenters. The molecule has 1 rings (SSSR count). The topological polar surface area (TPSA) is 55.8 Å². The Morgan fingerprint density at radius 1 is 1.33 bits per heavy atom. The molecule has 4 heteroatoms. The predicted molar refractivity (Wildman–Crippen MR) is 69.3 cm³/mol. The van der Waals surface area contributed by atoms with E-state index in [1.165, 1.54) is 0 Å². The van der Waals surface area contributed by atoms with E-state index in [1.807, 2.05) is 39.0 Å². The van der Waals surface area contributed by atoms with Gasteiger partial charge in [-0.3, -0.25) is 4.79 Å². The highest BCUT2D eigenvalue weighted by molar-refractivity contribution is 5.67. The fourth-order valence-corrected chi connectivity index (χ4v) is 1.63. The summed E-state index contributed by atoms with van der Waals surface area (Å²) in [5.41, 5.74) is 0.672. The molecule has 0 radical (unpaired) electrons. The van der Waals surface area contributed by atoms with Gasteiger partial charge in [-0.2, -0.15) is 0 Å². The molecular weight excluding hydrogens is 232 g/mol. The fourth-order valence-electron chi connectivity index (χ4n) is 1.63. The molecule has 0 saturated heterocycles. The van der Waals surface area contributed by atoms with E-state index in [4.69, 9.17) is 14.6 Å². The van der Waals surface area contributed by atoms with Crippen LogP contribution in [0.4, 0.5) is 0 Å². The summed E-state index contributed by atoms with van der Waals surface area (Å²) in [4.78, 5) is 10.7. The highest BCUT2D eigenvalue weighted by Crippen LogP contribution is 2.30. The third kappa shape index (κ3) is 4.28. The zero-order valence-corrected chi connectivity index (χ0v) is 11.3. The number of methoxy groups -OCH3 is 1. The van der Waals surface area contributed by atoms with Crippen molar-refractivity contribution in [2.75, 3.05) is 13.7 Å². The van der Waals surface area contributed by atoms with E-state index in [9.17, 15) is 4.79 Å². The Kier molecular flexibility index (Phi) is 4.59. The number of aryl methyl sites for hydroxylation is 1. The van der Waals surface area contributed by atoms with Crippen LogP contribution in [0.2, 0.25) is 0 Å². The SMILES string of the molecule is COc1cc(C)ccc1OCC(C)(C)CC(=O)O. The van der Waals surface area contributed by atoms with Crippen LogP contribution in [0.15, 0.2) is 18.2 Å². The Labute approximate surface area is 108 Å². The van der Waals surface area contributed by atoms with Gasteiger partial charge in [0.2, 0.25) is 0 Å². The third-order valence-electron chi connectivity index (χ3n) is 2.57. The van der Waals surface area contributed by atoms with Gasteiger partial charge in [0.1, 0.15) is 0 Å². The highest BCUT2D eigenvalue weighted by Gasteiger charge is 2.23. The van der Waals surface area contributed by atoms with Gasteiger partial charge in [0.05, 0.1) is 20.1 Å².